The van der Waals surface area contributed by atoms with E-state index in [1.165, 1.54) is 11.1 Å². The molecule has 0 atom stereocenters. The molecule has 0 heterocycles. The monoisotopic (exact) mass is 469 g/mol. The molecule has 0 aliphatic heterocycles. The Kier molecular flexibility index (Phi) is 9.87. The number of aryl methyl sites for hydroxylation is 1. The molecule has 0 saturated heterocycles. The fourth-order valence-electron chi connectivity index (χ4n) is 2.75. The summed E-state index contributed by atoms with van der Waals surface area (Å²) in [7, 11) is 5.06. The Morgan fingerprint density at radius 1 is 0.885 bits per heavy atom. The lowest BCUT2D eigenvalue weighted by molar-refractivity contribution is 0.351. The van der Waals surface area contributed by atoms with E-state index < -0.39 is 0 Å². The van der Waals surface area contributed by atoms with Gasteiger partial charge in [-0.1, -0.05) is 43.3 Å². The minimum Gasteiger partial charge on any atom is -0.493 e. The molecule has 6 heteroatoms. The van der Waals surface area contributed by atoms with E-state index >= 15 is 0 Å². The second-order valence-electron chi connectivity index (χ2n) is 5.55. The minimum atomic E-state index is 0. The van der Waals surface area contributed by atoms with Gasteiger partial charge < -0.3 is 20.1 Å². The van der Waals surface area contributed by atoms with Crippen molar-refractivity contribution in [2.24, 2.45) is 4.99 Å². The van der Waals surface area contributed by atoms with E-state index in [2.05, 4.69) is 46.8 Å². The highest BCUT2D eigenvalue weighted by Crippen LogP contribution is 2.30. The van der Waals surface area contributed by atoms with E-state index in [-0.39, 0.29) is 24.0 Å². The van der Waals surface area contributed by atoms with Crippen molar-refractivity contribution in [3.05, 3.63) is 59.2 Å². The van der Waals surface area contributed by atoms with Gasteiger partial charge >= 0.3 is 0 Å². The molecule has 2 rings (SSSR count). The summed E-state index contributed by atoms with van der Waals surface area (Å²) in [5.74, 6) is 2.21. The van der Waals surface area contributed by atoms with E-state index in [9.17, 15) is 0 Å². The molecular weight excluding hydrogens is 441 g/mol. The Balaban J connectivity index is 0.00000338. The molecule has 0 aliphatic rings. The molecule has 0 aromatic heterocycles. The molecule has 0 radical (unpaired) electrons. The van der Waals surface area contributed by atoms with Gasteiger partial charge in [0.15, 0.2) is 17.5 Å². The highest BCUT2D eigenvalue weighted by Gasteiger charge is 2.10. The van der Waals surface area contributed by atoms with Crippen LogP contribution in [0, 0.1) is 0 Å². The zero-order valence-electron chi connectivity index (χ0n) is 15.8. The van der Waals surface area contributed by atoms with Gasteiger partial charge in [0.2, 0.25) is 0 Å². The number of para-hydroxylation sites is 1. The Bertz CT molecular complexity index is 720. The summed E-state index contributed by atoms with van der Waals surface area (Å²) in [4.78, 5) is 4.29. The molecule has 26 heavy (non-hydrogen) atoms. The summed E-state index contributed by atoms with van der Waals surface area (Å²) in [5.41, 5.74) is 3.64. The molecule has 0 bridgehead atoms. The van der Waals surface area contributed by atoms with Gasteiger partial charge in [-0.3, -0.25) is 4.99 Å². The van der Waals surface area contributed by atoms with Gasteiger partial charge in [-0.15, -0.1) is 24.0 Å². The first-order chi connectivity index (χ1) is 12.2. The number of nitrogens with zero attached hydrogens (tertiary/aromatic N) is 1. The number of rotatable bonds is 7. The van der Waals surface area contributed by atoms with Crippen LogP contribution in [0.25, 0.3) is 0 Å². The smallest absolute Gasteiger partial charge is 0.191 e. The van der Waals surface area contributed by atoms with Crippen molar-refractivity contribution < 1.29 is 9.47 Å². The number of ether oxygens (including phenoxy) is 2. The molecule has 0 spiro atoms. The van der Waals surface area contributed by atoms with Crippen molar-refractivity contribution >= 4 is 29.9 Å². The second kappa shape index (κ2) is 11.6. The quantitative estimate of drug-likeness (QED) is 0.369. The number of benzene rings is 2. The number of nitrogens with one attached hydrogen (secondary N) is 2. The van der Waals surface area contributed by atoms with Gasteiger partial charge in [0.1, 0.15) is 0 Å². The Morgan fingerprint density at radius 3 is 2.08 bits per heavy atom. The first kappa shape index (κ1) is 22.1. The predicted molar refractivity (Wildman–Crippen MR) is 118 cm³/mol. The van der Waals surface area contributed by atoms with Crippen molar-refractivity contribution in [3.8, 4) is 11.5 Å². The fourth-order valence-corrected chi connectivity index (χ4v) is 2.75. The van der Waals surface area contributed by atoms with Crippen LogP contribution in [0.1, 0.15) is 23.6 Å². The van der Waals surface area contributed by atoms with Crippen LogP contribution in [0.2, 0.25) is 0 Å². The first-order valence-corrected chi connectivity index (χ1v) is 8.44. The number of methoxy groups -OCH3 is 2. The number of hydrogen-bond acceptors (Lipinski definition) is 3. The topological polar surface area (TPSA) is 54.9 Å². The second-order valence-corrected chi connectivity index (χ2v) is 5.55. The van der Waals surface area contributed by atoms with Crippen LogP contribution in [-0.2, 0) is 19.5 Å². The van der Waals surface area contributed by atoms with Gasteiger partial charge in [0.05, 0.1) is 14.2 Å². The average Bonchev–Trinajstić information content (AvgIpc) is 2.67. The summed E-state index contributed by atoms with van der Waals surface area (Å²) in [6, 6.07) is 14.3. The van der Waals surface area contributed by atoms with Crippen LogP contribution in [-0.4, -0.2) is 27.2 Å². The molecule has 5 nitrogen and oxygen atoms in total. The Labute approximate surface area is 173 Å². The highest BCUT2D eigenvalue weighted by molar-refractivity contribution is 14.0. The van der Waals surface area contributed by atoms with Crippen LogP contribution in [0.15, 0.2) is 47.5 Å². The lowest BCUT2D eigenvalue weighted by atomic mass is 10.1. The maximum atomic E-state index is 5.47. The van der Waals surface area contributed by atoms with Crippen molar-refractivity contribution in [3.63, 3.8) is 0 Å². The molecule has 0 unspecified atom stereocenters. The number of halogens is 1. The van der Waals surface area contributed by atoms with E-state index in [1.54, 1.807) is 21.3 Å². The molecule has 0 saturated carbocycles. The van der Waals surface area contributed by atoms with Crippen LogP contribution >= 0.6 is 24.0 Å². The average molecular weight is 469 g/mol. The van der Waals surface area contributed by atoms with Gasteiger partial charge in [-0.2, -0.15) is 0 Å². The molecular formula is C20H28IN3O2. The molecule has 2 N–H and O–H groups in total. The largest absolute Gasteiger partial charge is 0.493 e. The van der Waals surface area contributed by atoms with E-state index in [0.29, 0.717) is 6.54 Å². The lowest BCUT2D eigenvalue weighted by Crippen LogP contribution is -2.36. The lowest BCUT2D eigenvalue weighted by Gasteiger charge is -2.16. The molecule has 0 amide bonds. The molecule has 0 fully saturated rings. The maximum absolute atomic E-state index is 5.47. The SMILES string of the molecule is CCc1ccccc1CNC(=NC)NCc1cccc(OC)c1OC.I. The van der Waals surface area contributed by atoms with Crippen molar-refractivity contribution in [2.45, 2.75) is 26.4 Å². The zero-order valence-corrected chi connectivity index (χ0v) is 18.2. The van der Waals surface area contributed by atoms with Crippen LogP contribution in [0.3, 0.4) is 0 Å². The number of hydrogen-bond donors (Lipinski definition) is 2. The summed E-state index contributed by atoms with van der Waals surface area (Å²) >= 11 is 0. The normalized spacial score (nSPS) is 10.7. The van der Waals surface area contributed by atoms with Gasteiger partial charge in [0.25, 0.3) is 0 Å². The molecule has 2 aromatic rings. The molecule has 142 valence electrons. The van der Waals surface area contributed by atoms with Crippen molar-refractivity contribution in [1.29, 1.82) is 0 Å². The summed E-state index contributed by atoms with van der Waals surface area (Å²) < 4.78 is 10.8. The summed E-state index contributed by atoms with van der Waals surface area (Å²) in [6.07, 6.45) is 1.02. The number of aliphatic imine (C=N–C) groups is 1. The number of guanidine groups is 1. The maximum Gasteiger partial charge on any atom is 0.191 e. The third-order valence-corrected chi connectivity index (χ3v) is 4.10. The van der Waals surface area contributed by atoms with Gasteiger partial charge in [-0.25, -0.2) is 0 Å². The third-order valence-electron chi connectivity index (χ3n) is 4.10. The standard InChI is InChI=1S/C20H27N3O2.HI/c1-5-15-9-6-7-10-16(15)13-22-20(21-2)23-14-17-11-8-12-18(24-3)19(17)25-4;/h6-12H,5,13-14H2,1-4H3,(H2,21,22,23);1H. The van der Waals surface area contributed by atoms with Crippen LogP contribution in [0.5, 0.6) is 11.5 Å². The third kappa shape index (κ3) is 5.79. The fraction of sp³-hybridized carbons (Fsp3) is 0.350. The summed E-state index contributed by atoms with van der Waals surface area (Å²) in [6.45, 7) is 3.50. The Hall–Kier alpha value is -1.96. The molecule has 2 aromatic carbocycles. The van der Waals surface area contributed by atoms with E-state index in [4.69, 9.17) is 9.47 Å². The molecule has 0 aliphatic carbocycles. The van der Waals surface area contributed by atoms with E-state index in [0.717, 1.165) is 36.0 Å². The van der Waals surface area contributed by atoms with E-state index in [1.807, 2.05) is 18.2 Å². The van der Waals surface area contributed by atoms with Crippen LogP contribution in [0.4, 0.5) is 0 Å². The first-order valence-electron chi connectivity index (χ1n) is 8.44. The zero-order chi connectivity index (χ0) is 18.1. The van der Waals surface area contributed by atoms with Crippen molar-refractivity contribution in [1.82, 2.24) is 10.6 Å². The summed E-state index contributed by atoms with van der Waals surface area (Å²) in [5, 5.41) is 6.69. The van der Waals surface area contributed by atoms with Gasteiger partial charge in [0, 0.05) is 25.7 Å². The Morgan fingerprint density at radius 2 is 1.50 bits per heavy atom. The van der Waals surface area contributed by atoms with Crippen LogP contribution < -0.4 is 20.1 Å². The predicted octanol–water partition coefficient (Wildman–Crippen LogP) is 3.75. The van der Waals surface area contributed by atoms with Gasteiger partial charge in [-0.05, 0) is 23.6 Å². The van der Waals surface area contributed by atoms with Crippen molar-refractivity contribution in [2.75, 3.05) is 21.3 Å². The highest BCUT2D eigenvalue weighted by atomic mass is 127. The minimum absolute atomic E-state index is 0.